The van der Waals surface area contributed by atoms with Crippen LogP contribution in [0.15, 0.2) is 82.6 Å². The molecule has 47 heavy (non-hydrogen) atoms. The molecule has 1 fully saturated rings. The molecule has 0 aliphatic carbocycles. The number of piperidine rings is 1. The molecule has 0 spiro atoms. The highest BCUT2D eigenvalue weighted by Gasteiger charge is 2.30. The van der Waals surface area contributed by atoms with Crippen LogP contribution < -0.4 is 5.43 Å². The molecule has 3 aromatic carbocycles. The summed E-state index contributed by atoms with van der Waals surface area (Å²) in [5, 5.41) is 0.940. The van der Waals surface area contributed by atoms with Crippen molar-refractivity contribution in [2.24, 2.45) is 0 Å². The summed E-state index contributed by atoms with van der Waals surface area (Å²) in [6.07, 6.45) is -0.766. The van der Waals surface area contributed by atoms with Gasteiger partial charge in [-0.25, -0.2) is 8.78 Å². The number of carbonyl (C=O) groups is 1. The summed E-state index contributed by atoms with van der Waals surface area (Å²) in [4.78, 5) is 31.5. The van der Waals surface area contributed by atoms with E-state index in [1.807, 2.05) is 4.90 Å². The molecule has 2 heterocycles. The lowest BCUT2D eigenvalue weighted by molar-refractivity contribution is -0.137. The number of hydrogen-bond donors (Lipinski definition) is 0. The second kappa shape index (κ2) is 15.5. The summed E-state index contributed by atoms with van der Waals surface area (Å²) in [6.45, 7) is 5.24. The predicted molar refractivity (Wildman–Crippen MR) is 175 cm³/mol. The number of alkyl halides is 3. The van der Waals surface area contributed by atoms with Gasteiger partial charge in [0.2, 0.25) is 5.91 Å². The Hall–Kier alpha value is -3.70. The maximum absolute atomic E-state index is 14.5. The third kappa shape index (κ3) is 8.61. The fraction of sp³-hybridized carbons (Fsp3) is 0.389. The number of rotatable bonds is 12. The van der Waals surface area contributed by atoms with Crippen LogP contribution in [-0.2, 0) is 29.7 Å². The van der Waals surface area contributed by atoms with E-state index >= 15 is 0 Å². The summed E-state index contributed by atoms with van der Waals surface area (Å²) >= 11 is 1.17. The van der Waals surface area contributed by atoms with Crippen molar-refractivity contribution in [1.82, 2.24) is 14.4 Å². The SMILES string of the molecule is CCN1CCC(N(CCCCc2ccc(C(F)(F)F)cc2)C(=O)Cn2c(SCc3cccc(F)c3F)cc(=O)c3ccccc32)CC1. The first-order valence-electron chi connectivity index (χ1n) is 15.9. The molecule has 250 valence electrons. The Kier molecular flexibility index (Phi) is 11.4. The largest absolute Gasteiger partial charge is 0.416 e. The summed E-state index contributed by atoms with van der Waals surface area (Å²) in [7, 11) is 0. The van der Waals surface area contributed by atoms with E-state index in [9.17, 15) is 31.5 Å². The molecule has 4 aromatic rings. The van der Waals surface area contributed by atoms with Crippen molar-refractivity contribution in [3.05, 3.63) is 111 Å². The maximum Gasteiger partial charge on any atom is 0.416 e. The first-order chi connectivity index (χ1) is 22.5. The van der Waals surface area contributed by atoms with E-state index in [0.29, 0.717) is 41.7 Å². The van der Waals surface area contributed by atoms with Crippen LogP contribution in [0.1, 0.15) is 49.3 Å². The van der Waals surface area contributed by atoms with Crippen molar-refractivity contribution in [3.63, 3.8) is 0 Å². The van der Waals surface area contributed by atoms with Crippen LogP contribution in [0.4, 0.5) is 22.0 Å². The van der Waals surface area contributed by atoms with Gasteiger partial charge in [0, 0.05) is 48.4 Å². The first kappa shape index (κ1) is 34.6. The molecule has 5 nitrogen and oxygen atoms in total. The third-order valence-corrected chi connectivity index (χ3v) is 9.93. The van der Waals surface area contributed by atoms with Crippen LogP contribution >= 0.6 is 11.8 Å². The number of benzene rings is 3. The van der Waals surface area contributed by atoms with Crippen LogP contribution in [0.25, 0.3) is 10.9 Å². The highest BCUT2D eigenvalue weighted by molar-refractivity contribution is 7.98. The fourth-order valence-corrected chi connectivity index (χ4v) is 7.19. The van der Waals surface area contributed by atoms with Gasteiger partial charge < -0.3 is 14.4 Å². The molecule has 1 amide bonds. The molecule has 1 aliphatic heterocycles. The fourth-order valence-electron chi connectivity index (χ4n) is 6.15. The zero-order valence-corrected chi connectivity index (χ0v) is 27.1. The minimum Gasteiger partial charge on any atom is -0.338 e. The van der Waals surface area contributed by atoms with Crippen molar-refractivity contribution in [3.8, 4) is 0 Å². The Morgan fingerprint density at radius 3 is 2.38 bits per heavy atom. The van der Waals surface area contributed by atoms with Gasteiger partial charge in [-0.15, -0.1) is 11.8 Å². The van der Waals surface area contributed by atoms with E-state index in [0.717, 1.165) is 56.2 Å². The van der Waals surface area contributed by atoms with Crippen molar-refractivity contribution in [1.29, 1.82) is 0 Å². The van der Waals surface area contributed by atoms with E-state index in [2.05, 4.69) is 11.8 Å². The van der Waals surface area contributed by atoms with E-state index < -0.39 is 23.4 Å². The Morgan fingerprint density at radius 2 is 1.68 bits per heavy atom. The minimum atomic E-state index is -4.38. The summed E-state index contributed by atoms with van der Waals surface area (Å²) < 4.78 is 69.0. The van der Waals surface area contributed by atoms with Gasteiger partial charge in [-0.3, -0.25) is 9.59 Å². The second-order valence-corrected chi connectivity index (χ2v) is 12.9. The molecule has 0 unspecified atom stereocenters. The molecule has 0 radical (unpaired) electrons. The number of unbranched alkanes of at least 4 members (excludes halogenated alkanes) is 1. The smallest absolute Gasteiger partial charge is 0.338 e. The maximum atomic E-state index is 14.5. The van der Waals surface area contributed by atoms with Gasteiger partial charge >= 0.3 is 6.18 Å². The average molecular weight is 672 g/mol. The molecular formula is C36H38F5N3O2S. The molecule has 0 atom stereocenters. The number of carbonyl (C=O) groups excluding carboxylic acids is 1. The number of halogens is 5. The van der Waals surface area contributed by atoms with Gasteiger partial charge in [-0.2, -0.15) is 13.2 Å². The topological polar surface area (TPSA) is 45.5 Å². The lowest BCUT2D eigenvalue weighted by Crippen LogP contribution is -2.48. The molecular weight excluding hydrogens is 633 g/mol. The van der Waals surface area contributed by atoms with Gasteiger partial charge in [0.1, 0.15) is 6.54 Å². The van der Waals surface area contributed by atoms with E-state index in [1.165, 1.54) is 42.1 Å². The predicted octanol–water partition coefficient (Wildman–Crippen LogP) is 7.93. The molecule has 5 rings (SSSR count). The standard InChI is InChI=1S/C36H38F5N3O2S/c1-2-42-20-17-28(18-21-42)43(19-6-5-8-25-13-15-27(16-14-25)36(39,40)41)33(46)23-44-31-12-4-3-10-29(31)32(45)22-34(44)47-24-26-9-7-11-30(37)35(26)38/h3-4,7,9-16,22,28H,2,5-6,8,17-21,23-24H2,1H3. The number of para-hydroxylation sites is 1. The van der Waals surface area contributed by atoms with Crippen LogP contribution in [-0.4, -0.2) is 52.5 Å². The van der Waals surface area contributed by atoms with Gasteiger partial charge in [0.05, 0.1) is 16.1 Å². The molecule has 0 saturated carbocycles. The number of fused-ring (bicyclic) bond motifs is 1. The van der Waals surface area contributed by atoms with Crippen LogP contribution in [0.2, 0.25) is 0 Å². The number of pyridine rings is 1. The molecule has 1 aliphatic rings. The third-order valence-electron chi connectivity index (χ3n) is 8.84. The average Bonchev–Trinajstić information content (AvgIpc) is 3.07. The molecule has 11 heteroatoms. The zero-order valence-electron chi connectivity index (χ0n) is 26.2. The number of nitrogens with zero attached hydrogens (tertiary/aromatic N) is 3. The van der Waals surface area contributed by atoms with Crippen LogP contribution in [0.3, 0.4) is 0 Å². The molecule has 0 N–H and O–H groups in total. The molecule has 1 aromatic heterocycles. The summed E-state index contributed by atoms with van der Waals surface area (Å²) in [5.74, 6) is -1.93. The van der Waals surface area contributed by atoms with E-state index in [4.69, 9.17) is 0 Å². The quantitative estimate of drug-likeness (QED) is 0.0873. The lowest BCUT2D eigenvalue weighted by Gasteiger charge is -2.38. The Balaban J connectivity index is 1.35. The van der Waals surface area contributed by atoms with Gasteiger partial charge in [0.25, 0.3) is 0 Å². The van der Waals surface area contributed by atoms with E-state index in [-0.39, 0.29) is 35.2 Å². The lowest BCUT2D eigenvalue weighted by atomic mass is 10.0. The highest BCUT2D eigenvalue weighted by Crippen LogP contribution is 2.30. The number of likely N-dealkylation sites (tertiary alicyclic amines) is 1. The summed E-state index contributed by atoms with van der Waals surface area (Å²) in [6, 6.07) is 17.7. The number of thioether (sulfide) groups is 1. The highest BCUT2D eigenvalue weighted by atomic mass is 32.2. The Bertz CT molecular complexity index is 1730. The molecule has 1 saturated heterocycles. The zero-order chi connectivity index (χ0) is 33.6. The van der Waals surface area contributed by atoms with Crippen LogP contribution in [0, 0.1) is 11.6 Å². The molecule has 0 bridgehead atoms. The Labute approximate surface area is 275 Å². The van der Waals surface area contributed by atoms with Crippen molar-refractivity contribution < 1.29 is 26.7 Å². The number of aryl methyl sites for hydroxylation is 1. The van der Waals surface area contributed by atoms with Gasteiger partial charge in [-0.05, 0) is 74.5 Å². The minimum absolute atomic E-state index is 0.0273. The van der Waals surface area contributed by atoms with E-state index in [1.54, 1.807) is 28.8 Å². The van der Waals surface area contributed by atoms with Crippen molar-refractivity contribution in [2.45, 2.75) is 68.6 Å². The number of aromatic nitrogens is 1. The second-order valence-electron chi connectivity index (χ2n) is 11.9. The van der Waals surface area contributed by atoms with Crippen LogP contribution in [0.5, 0.6) is 0 Å². The number of hydrogen-bond acceptors (Lipinski definition) is 4. The summed E-state index contributed by atoms with van der Waals surface area (Å²) in [5.41, 5.74) is 0.649. The van der Waals surface area contributed by atoms with Gasteiger partial charge in [-0.1, -0.05) is 43.3 Å². The number of amides is 1. The first-order valence-corrected chi connectivity index (χ1v) is 16.9. The monoisotopic (exact) mass is 671 g/mol. The van der Waals surface area contributed by atoms with Gasteiger partial charge in [0.15, 0.2) is 17.1 Å². The Morgan fingerprint density at radius 1 is 0.957 bits per heavy atom. The van der Waals surface area contributed by atoms with Crippen molar-refractivity contribution >= 4 is 28.6 Å². The normalized spacial score (nSPS) is 14.5. The van der Waals surface area contributed by atoms with Crippen molar-refractivity contribution in [2.75, 3.05) is 26.2 Å².